The number of nitrogens with two attached hydrogens (primary N) is 1. The molecule has 0 radical (unpaired) electrons. The lowest BCUT2D eigenvalue weighted by molar-refractivity contribution is 0.612. The van der Waals surface area contributed by atoms with Crippen molar-refractivity contribution in [2.75, 3.05) is 11.9 Å². The van der Waals surface area contributed by atoms with Crippen LogP contribution in [-0.4, -0.2) is 22.6 Å². The second-order valence-electron chi connectivity index (χ2n) is 3.44. The summed E-state index contributed by atoms with van der Waals surface area (Å²) in [5.74, 6) is 0.665. The normalized spacial score (nSPS) is 12.5. The third-order valence-electron chi connectivity index (χ3n) is 2.20. The van der Waals surface area contributed by atoms with Gasteiger partial charge in [0.2, 0.25) is 0 Å². The Morgan fingerprint density at radius 3 is 3.00 bits per heavy atom. The highest BCUT2D eigenvalue weighted by atomic mass is 35.5. The first kappa shape index (κ1) is 12.2. The summed E-state index contributed by atoms with van der Waals surface area (Å²) >= 11 is 5.93. The third-order valence-corrected chi connectivity index (χ3v) is 2.48. The summed E-state index contributed by atoms with van der Waals surface area (Å²) in [7, 11) is 0. The molecule has 0 aliphatic rings. The molecule has 3 N–H and O–H groups in total. The van der Waals surface area contributed by atoms with Crippen LogP contribution in [0.5, 0.6) is 0 Å². The van der Waals surface area contributed by atoms with Crippen LogP contribution in [0.3, 0.4) is 0 Å². The molecule has 5 heteroatoms. The van der Waals surface area contributed by atoms with E-state index in [0.29, 0.717) is 17.4 Å². The van der Waals surface area contributed by atoms with Crippen LogP contribution in [0.4, 0.5) is 5.82 Å². The molecule has 0 amide bonds. The molecule has 1 aromatic rings. The monoisotopic (exact) mass is 228 g/mol. The fourth-order valence-corrected chi connectivity index (χ4v) is 1.47. The minimum atomic E-state index is 0.234. The molecule has 0 saturated heterocycles. The molecular formula is C10H17ClN4. The predicted octanol–water partition coefficient (Wildman–Crippen LogP) is 2.06. The Morgan fingerprint density at radius 1 is 1.60 bits per heavy atom. The van der Waals surface area contributed by atoms with Gasteiger partial charge in [-0.05, 0) is 6.42 Å². The van der Waals surface area contributed by atoms with Crippen LogP contribution in [0.1, 0.15) is 26.2 Å². The number of hydrogen-bond donors (Lipinski definition) is 2. The molecular weight excluding hydrogens is 212 g/mol. The molecule has 0 aromatic carbocycles. The summed E-state index contributed by atoms with van der Waals surface area (Å²) in [6.07, 6.45) is 6.40. The molecule has 0 fully saturated rings. The number of aromatic nitrogens is 2. The second kappa shape index (κ2) is 6.58. The van der Waals surface area contributed by atoms with Crippen molar-refractivity contribution in [3.05, 3.63) is 17.5 Å². The van der Waals surface area contributed by atoms with Crippen LogP contribution in [0.2, 0.25) is 5.02 Å². The van der Waals surface area contributed by atoms with Crippen molar-refractivity contribution in [1.82, 2.24) is 9.97 Å². The van der Waals surface area contributed by atoms with Gasteiger partial charge in [-0.25, -0.2) is 9.97 Å². The van der Waals surface area contributed by atoms with Crippen LogP contribution >= 0.6 is 11.6 Å². The van der Waals surface area contributed by atoms with E-state index in [9.17, 15) is 0 Å². The zero-order valence-electron chi connectivity index (χ0n) is 8.91. The molecule has 0 aliphatic heterocycles. The van der Waals surface area contributed by atoms with E-state index >= 15 is 0 Å². The Labute approximate surface area is 95.3 Å². The third kappa shape index (κ3) is 4.01. The van der Waals surface area contributed by atoms with Crippen LogP contribution in [0.25, 0.3) is 0 Å². The van der Waals surface area contributed by atoms with Gasteiger partial charge in [-0.1, -0.05) is 31.4 Å². The number of anilines is 1. The first-order valence-electron chi connectivity index (χ1n) is 5.20. The molecule has 0 bridgehead atoms. The number of nitrogens with one attached hydrogen (secondary N) is 1. The van der Waals surface area contributed by atoms with E-state index in [0.717, 1.165) is 19.3 Å². The molecule has 1 atom stereocenters. The SMILES string of the molecule is CCCCC(CN)Nc1ncncc1Cl. The van der Waals surface area contributed by atoms with Crippen molar-refractivity contribution in [2.24, 2.45) is 5.73 Å². The largest absolute Gasteiger partial charge is 0.365 e. The maximum absolute atomic E-state index is 5.93. The lowest BCUT2D eigenvalue weighted by atomic mass is 10.1. The maximum Gasteiger partial charge on any atom is 0.148 e. The maximum atomic E-state index is 5.93. The second-order valence-corrected chi connectivity index (χ2v) is 3.85. The molecule has 0 spiro atoms. The van der Waals surface area contributed by atoms with E-state index in [-0.39, 0.29) is 6.04 Å². The van der Waals surface area contributed by atoms with Gasteiger partial charge in [0.1, 0.15) is 17.2 Å². The first-order valence-corrected chi connectivity index (χ1v) is 5.57. The highest BCUT2D eigenvalue weighted by Gasteiger charge is 2.08. The summed E-state index contributed by atoms with van der Waals surface area (Å²) in [6.45, 7) is 2.74. The van der Waals surface area contributed by atoms with Crippen molar-refractivity contribution >= 4 is 17.4 Å². The van der Waals surface area contributed by atoms with Gasteiger partial charge in [-0.2, -0.15) is 0 Å². The fraction of sp³-hybridized carbons (Fsp3) is 0.600. The van der Waals surface area contributed by atoms with E-state index in [4.69, 9.17) is 17.3 Å². The van der Waals surface area contributed by atoms with E-state index in [1.54, 1.807) is 6.20 Å². The summed E-state index contributed by atoms with van der Waals surface area (Å²) in [5.41, 5.74) is 5.66. The van der Waals surface area contributed by atoms with E-state index in [1.807, 2.05) is 0 Å². The van der Waals surface area contributed by atoms with Gasteiger partial charge < -0.3 is 11.1 Å². The van der Waals surface area contributed by atoms with Crippen molar-refractivity contribution in [3.63, 3.8) is 0 Å². The van der Waals surface area contributed by atoms with Crippen molar-refractivity contribution in [2.45, 2.75) is 32.2 Å². The van der Waals surface area contributed by atoms with Crippen molar-refractivity contribution in [3.8, 4) is 0 Å². The molecule has 0 aliphatic carbocycles. The smallest absolute Gasteiger partial charge is 0.148 e. The summed E-state index contributed by atoms with van der Waals surface area (Å²) in [4.78, 5) is 7.89. The van der Waals surface area contributed by atoms with E-state index in [1.165, 1.54) is 6.33 Å². The predicted molar refractivity (Wildman–Crippen MR) is 63.0 cm³/mol. The van der Waals surface area contributed by atoms with Crippen molar-refractivity contribution in [1.29, 1.82) is 0 Å². The number of rotatable bonds is 6. The Bertz CT molecular complexity index is 293. The van der Waals surface area contributed by atoms with Gasteiger partial charge in [0, 0.05) is 12.6 Å². The van der Waals surface area contributed by atoms with Crippen LogP contribution < -0.4 is 11.1 Å². The van der Waals surface area contributed by atoms with Gasteiger partial charge in [0.05, 0.1) is 6.20 Å². The minimum absolute atomic E-state index is 0.234. The number of halogens is 1. The summed E-state index contributed by atoms with van der Waals surface area (Å²) < 4.78 is 0. The molecule has 0 saturated carbocycles. The molecule has 1 unspecified atom stereocenters. The van der Waals surface area contributed by atoms with E-state index in [2.05, 4.69) is 22.2 Å². The van der Waals surface area contributed by atoms with Crippen LogP contribution in [-0.2, 0) is 0 Å². The molecule has 1 aromatic heterocycles. The van der Waals surface area contributed by atoms with E-state index < -0.39 is 0 Å². The lowest BCUT2D eigenvalue weighted by Gasteiger charge is -2.17. The van der Waals surface area contributed by atoms with Crippen molar-refractivity contribution < 1.29 is 0 Å². The molecule has 15 heavy (non-hydrogen) atoms. The van der Waals surface area contributed by atoms with Crippen LogP contribution in [0, 0.1) is 0 Å². The standard InChI is InChI=1S/C10H17ClN4/c1-2-3-4-8(5-12)15-10-9(11)6-13-7-14-10/h6-8H,2-5,12H2,1H3,(H,13,14,15). The fourth-order valence-electron chi connectivity index (χ4n) is 1.31. The molecule has 1 heterocycles. The number of unbranched alkanes of at least 4 members (excludes halogenated alkanes) is 1. The van der Waals surface area contributed by atoms with Gasteiger partial charge in [0.25, 0.3) is 0 Å². The quantitative estimate of drug-likeness (QED) is 0.783. The Morgan fingerprint density at radius 2 is 2.40 bits per heavy atom. The number of nitrogens with zero attached hydrogens (tertiary/aromatic N) is 2. The minimum Gasteiger partial charge on any atom is -0.365 e. The Hall–Kier alpha value is -0.870. The molecule has 1 rings (SSSR count). The van der Waals surface area contributed by atoms with Gasteiger partial charge in [-0.3, -0.25) is 0 Å². The zero-order chi connectivity index (χ0) is 11.1. The van der Waals surface area contributed by atoms with Gasteiger partial charge in [-0.15, -0.1) is 0 Å². The Balaban J connectivity index is 2.54. The highest BCUT2D eigenvalue weighted by Crippen LogP contribution is 2.17. The lowest BCUT2D eigenvalue weighted by Crippen LogP contribution is -2.29. The first-order chi connectivity index (χ1) is 7.27. The highest BCUT2D eigenvalue weighted by molar-refractivity contribution is 6.32. The summed E-state index contributed by atoms with van der Waals surface area (Å²) in [6, 6.07) is 0.234. The Kier molecular flexibility index (Phi) is 5.36. The summed E-state index contributed by atoms with van der Waals surface area (Å²) in [5, 5.41) is 3.76. The molecule has 84 valence electrons. The molecule has 4 nitrogen and oxygen atoms in total. The van der Waals surface area contributed by atoms with Gasteiger partial charge >= 0.3 is 0 Å². The average molecular weight is 229 g/mol. The zero-order valence-corrected chi connectivity index (χ0v) is 9.67. The van der Waals surface area contributed by atoms with Crippen LogP contribution in [0.15, 0.2) is 12.5 Å². The average Bonchev–Trinajstić information content (AvgIpc) is 2.26. The number of hydrogen-bond acceptors (Lipinski definition) is 4. The topological polar surface area (TPSA) is 63.8 Å². The van der Waals surface area contributed by atoms with Gasteiger partial charge in [0.15, 0.2) is 0 Å².